The first-order valence-electron chi connectivity index (χ1n) is 8.84. The molecule has 1 aromatic carbocycles. The van der Waals surface area contributed by atoms with Crippen LogP contribution < -0.4 is 10.6 Å². The second kappa shape index (κ2) is 8.94. The number of hydrogen-bond acceptors (Lipinski definition) is 6. The predicted octanol–water partition coefficient (Wildman–Crippen LogP) is 1.69. The molecule has 1 aromatic heterocycles. The Morgan fingerprint density at radius 1 is 1.29 bits per heavy atom. The minimum atomic E-state index is -1.02. The van der Waals surface area contributed by atoms with Gasteiger partial charge in [-0.3, -0.25) is 14.4 Å². The van der Waals surface area contributed by atoms with Crippen molar-refractivity contribution >= 4 is 34.8 Å². The Bertz CT molecular complexity index is 827. The number of carbonyl (C=O) groups excluding carboxylic acids is 2. The van der Waals surface area contributed by atoms with Crippen LogP contribution in [0.5, 0.6) is 0 Å². The van der Waals surface area contributed by atoms with Gasteiger partial charge in [-0.05, 0) is 12.1 Å². The van der Waals surface area contributed by atoms with Crippen molar-refractivity contribution in [2.75, 3.05) is 5.32 Å². The second-order valence-electron chi connectivity index (χ2n) is 6.64. The number of nitrogens with zero attached hydrogens (tertiary/aromatic N) is 1. The van der Waals surface area contributed by atoms with Crippen LogP contribution in [0.2, 0.25) is 0 Å². The number of aliphatic carboxylic acids is 1. The van der Waals surface area contributed by atoms with Gasteiger partial charge in [-0.1, -0.05) is 25.1 Å². The van der Waals surface area contributed by atoms with E-state index in [9.17, 15) is 14.4 Å². The lowest BCUT2D eigenvalue weighted by Crippen LogP contribution is -2.47. The van der Waals surface area contributed by atoms with Crippen molar-refractivity contribution in [2.45, 2.75) is 38.0 Å². The van der Waals surface area contributed by atoms with Crippen molar-refractivity contribution in [3.05, 3.63) is 46.9 Å². The first-order valence-corrected chi connectivity index (χ1v) is 9.79. The number of benzene rings is 1. The molecule has 28 heavy (non-hydrogen) atoms. The standard InChI is InChI=1S/C19H21N3O5S/c1-11(18(25)21-12-5-3-2-4-6-12)14(7-13-9-28-10-20-13)22-19(26)17-15(27-17)8-16(23)24/h2-6,9-11,14-15,17H,7-8H2,1H3,(H,21,25)(H,22,26)(H,23,24). The molecule has 0 radical (unpaired) electrons. The summed E-state index contributed by atoms with van der Waals surface area (Å²) in [4.78, 5) is 40.1. The number of para-hydroxylation sites is 1. The van der Waals surface area contributed by atoms with Crippen LogP contribution in [0.4, 0.5) is 5.69 Å². The van der Waals surface area contributed by atoms with E-state index in [0.29, 0.717) is 12.1 Å². The predicted molar refractivity (Wildman–Crippen MR) is 103 cm³/mol. The van der Waals surface area contributed by atoms with Crippen LogP contribution in [0, 0.1) is 5.92 Å². The summed E-state index contributed by atoms with van der Waals surface area (Å²) in [5.74, 6) is -2.20. The van der Waals surface area contributed by atoms with Crippen LogP contribution in [0.3, 0.4) is 0 Å². The Morgan fingerprint density at radius 3 is 2.68 bits per heavy atom. The summed E-state index contributed by atoms with van der Waals surface area (Å²) in [6.45, 7) is 1.73. The second-order valence-corrected chi connectivity index (χ2v) is 7.35. The Labute approximate surface area is 165 Å². The van der Waals surface area contributed by atoms with Crippen LogP contribution >= 0.6 is 11.3 Å². The zero-order valence-corrected chi connectivity index (χ0v) is 16.0. The summed E-state index contributed by atoms with van der Waals surface area (Å²) >= 11 is 1.43. The van der Waals surface area contributed by atoms with E-state index in [1.54, 1.807) is 24.6 Å². The fourth-order valence-corrected chi connectivity index (χ4v) is 3.41. The molecule has 3 rings (SSSR count). The molecule has 4 unspecified atom stereocenters. The Hall–Kier alpha value is -2.78. The van der Waals surface area contributed by atoms with Gasteiger partial charge in [-0.15, -0.1) is 11.3 Å². The van der Waals surface area contributed by atoms with E-state index in [-0.39, 0.29) is 12.3 Å². The molecular formula is C19H21N3O5S. The van der Waals surface area contributed by atoms with Crippen molar-refractivity contribution in [3.8, 4) is 0 Å². The highest BCUT2D eigenvalue weighted by atomic mass is 32.1. The molecule has 0 spiro atoms. The van der Waals surface area contributed by atoms with Gasteiger partial charge in [0, 0.05) is 23.5 Å². The SMILES string of the molecule is CC(C(=O)Nc1ccccc1)C(Cc1cscn1)NC(=O)C1OC1CC(=O)O. The maximum atomic E-state index is 12.7. The molecule has 1 aliphatic rings. The number of thiazole rings is 1. The van der Waals surface area contributed by atoms with E-state index >= 15 is 0 Å². The number of ether oxygens (including phenoxy) is 1. The van der Waals surface area contributed by atoms with Gasteiger partial charge in [0.2, 0.25) is 5.91 Å². The third kappa shape index (κ3) is 5.37. The van der Waals surface area contributed by atoms with Gasteiger partial charge in [0.1, 0.15) is 6.10 Å². The highest BCUT2D eigenvalue weighted by Gasteiger charge is 2.47. The van der Waals surface area contributed by atoms with Crippen molar-refractivity contribution in [2.24, 2.45) is 5.92 Å². The van der Waals surface area contributed by atoms with E-state index in [2.05, 4.69) is 15.6 Å². The van der Waals surface area contributed by atoms with E-state index in [0.717, 1.165) is 5.69 Å². The molecule has 2 aromatic rings. The monoisotopic (exact) mass is 403 g/mol. The van der Waals surface area contributed by atoms with Crippen molar-refractivity contribution in [1.82, 2.24) is 10.3 Å². The quantitative estimate of drug-likeness (QED) is 0.548. The summed E-state index contributed by atoms with van der Waals surface area (Å²) in [5, 5.41) is 16.3. The minimum absolute atomic E-state index is 0.223. The molecule has 2 amide bonds. The highest BCUT2D eigenvalue weighted by Crippen LogP contribution is 2.26. The molecule has 0 bridgehead atoms. The lowest BCUT2D eigenvalue weighted by Gasteiger charge is -2.24. The molecule has 148 valence electrons. The average Bonchev–Trinajstić information content (AvgIpc) is 3.22. The zero-order chi connectivity index (χ0) is 20.1. The van der Waals surface area contributed by atoms with Gasteiger partial charge in [0.05, 0.1) is 23.5 Å². The van der Waals surface area contributed by atoms with Crippen LogP contribution in [0.1, 0.15) is 19.0 Å². The average molecular weight is 403 g/mol. The van der Waals surface area contributed by atoms with Gasteiger partial charge in [0.15, 0.2) is 6.10 Å². The normalized spacial score (nSPS) is 20.0. The summed E-state index contributed by atoms with van der Waals surface area (Å²) in [5.41, 5.74) is 3.13. The fraction of sp³-hybridized carbons (Fsp3) is 0.368. The molecule has 0 aliphatic carbocycles. The van der Waals surface area contributed by atoms with Gasteiger partial charge >= 0.3 is 5.97 Å². The molecule has 2 heterocycles. The van der Waals surface area contributed by atoms with Crippen LogP contribution in [-0.4, -0.2) is 46.1 Å². The molecule has 0 saturated carbocycles. The van der Waals surface area contributed by atoms with Gasteiger partial charge in [-0.2, -0.15) is 0 Å². The minimum Gasteiger partial charge on any atom is -0.481 e. The molecule has 1 fully saturated rings. The fourth-order valence-electron chi connectivity index (χ4n) is 2.84. The molecule has 3 N–H and O–H groups in total. The van der Waals surface area contributed by atoms with E-state index in [1.807, 2.05) is 23.6 Å². The molecule has 9 heteroatoms. The topological polar surface area (TPSA) is 121 Å². The largest absolute Gasteiger partial charge is 0.481 e. The van der Waals surface area contributed by atoms with Gasteiger partial charge in [0.25, 0.3) is 5.91 Å². The number of carbonyl (C=O) groups is 3. The van der Waals surface area contributed by atoms with E-state index in [1.165, 1.54) is 11.3 Å². The molecule has 1 aliphatic heterocycles. The van der Waals surface area contributed by atoms with E-state index < -0.39 is 36.0 Å². The zero-order valence-electron chi connectivity index (χ0n) is 15.2. The molecular weight excluding hydrogens is 382 g/mol. The maximum Gasteiger partial charge on any atom is 0.306 e. The Balaban J connectivity index is 1.65. The number of amides is 2. The third-order valence-corrected chi connectivity index (χ3v) is 5.15. The Kier molecular flexibility index (Phi) is 6.37. The van der Waals surface area contributed by atoms with Crippen molar-refractivity contribution in [1.29, 1.82) is 0 Å². The number of carboxylic acid groups (broad SMARTS) is 1. The number of anilines is 1. The summed E-state index contributed by atoms with van der Waals surface area (Å²) in [6, 6.07) is 8.56. The number of rotatable bonds is 9. The smallest absolute Gasteiger partial charge is 0.306 e. The van der Waals surface area contributed by atoms with Crippen LogP contribution in [-0.2, 0) is 25.5 Å². The first kappa shape index (κ1) is 20.0. The van der Waals surface area contributed by atoms with Gasteiger partial charge < -0.3 is 20.5 Å². The van der Waals surface area contributed by atoms with Crippen LogP contribution in [0.15, 0.2) is 41.2 Å². The number of nitrogens with one attached hydrogen (secondary N) is 2. The molecule has 4 atom stereocenters. The van der Waals surface area contributed by atoms with Gasteiger partial charge in [-0.25, -0.2) is 4.98 Å². The lowest BCUT2D eigenvalue weighted by molar-refractivity contribution is -0.137. The third-order valence-electron chi connectivity index (χ3n) is 4.52. The van der Waals surface area contributed by atoms with E-state index in [4.69, 9.17) is 9.84 Å². The Morgan fingerprint density at radius 2 is 2.04 bits per heavy atom. The highest BCUT2D eigenvalue weighted by molar-refractivity contribution is 7.07. The van der Waals surface area contributed by atoms with Crippen molar-refractivity contribution < 1.29 is 24.2 Å². The molecule has 8 nitrogen and oxygen atoms in total. The first-order chi connectivity index (χ1) is 13.4. The summed E-state index contributed by atoms with van der Waals surface area (Å²) in [7, 11) is 0. The summed E-state index contributed by atoms with van der Waals surface area (Å²) in [6.07, 6.45) is -1.25. The summed E-state index contributed by atoms with van der Waals surface area (Å²) < 4.78 is 5.15. The van der Waals surface area contributed by atoms with Crippen LogP contribution in [0.25, 0.3) is 0 Å². The maximum absolute atomic E-state index is 12.7. The number of carboxylic acids is 1. The number of aromatic nitrogens is 1. The number of epoxide rings is 1. The lowest BCUT2D eigenvalue weighted by atomic mass is 9.96. The number of hydrogen-bond donors (Lipinski definition) is 3. The molecule has 1 saturated heterocycles. The van der Waals surface area contributed by atoms with Crippen molar-refractivity contribution in [3.63, 3.8) is 0 Å².